The van der Waals surface area contributed by atoms with Crippen LogP contribution >= 0.6 is 0 Å². The molecule has 2 fully saturated rings. The largest absolute Gasteiger partial charge is 0.381 e. The second-order valence-electron chi connectivity index (χ2n) is 6.31. The van der Waals surface area contributed by atoms with E-state index in [1.807, 2.05) is 0 Å². The van der Waals surface area contributed by atoms with Gasteiger partial charge in [-0.3, -0.25) is 9.78 Å². The Bertz CT molecular complexity index is 695. The van der Waals surface area contributed by atoms with E-state index in [-0.39, 0.29) is 11.8 Å². The number of ether oxygens (including phenoxy) is 1. The third-order valence-electron chi connectivity index (χ3n) is 4.30. The number of amides is 1. The number of hydrogen-bond acceptors (Lipinski definition) is 7. The van der Waals surface area contributed by atoms with Crippen LogP contribution in [0.4, 0.5) is 0 Å². The molecule has 1 saturated carbocycles. The van der Waals surface area contributed by atoms with Crippen LogP contribution in [0.1, 0.15) is 41.0 Å². The summed E-state index contributed by atoms with van der Waals surface area (Å²) in [7, 11) is 0. The van der Waals surface area contributed by atoms with Crippen molar-refractivity contribution in [3.8, 4) is 0 Å². The molecule has 0 N–H and O–H groups in total. The van der Waals surface area contributed by atoms with Gasteiger partial charge in [-0.2, -0.15) is 4.98 Å². The van der Waals surface area contributed by atoms with Crippen molar-refractivity contribution < 1.29 is 14.1 Å². The maximum atomic E-state index is 12.2. The highest BCUT2D eigenvalue weighted by molar-refractivity contribution is 5.92. The summed E-state index contributed by atoms with van der Waals surface area (Å²) in [6.45, 7) is 2.59. The predicted molar refractivity (Wildman–Crippen MR) is 82.2 cm³/mol. The van der Waals surface area contributed by atoms with Crippen LogP contribution in [0.15, 0.2) is 23.1 Å². The van der Waals surface area contributed by atoms with Gasteiger partial charge in [-0.25, -0.2) is 4.98 Å². The quantitative estimate of drug-likeness (QED) is 0.701. The lowest BCUT2D eigenvalue weighted by molar-refractivity contribution is 0.0562. The maximum Gasteiger partial charge on any atom is 0.274 e. The van der Waals surface area contributed by atoms with Gasteiger partial charge in [-0.05, 0) is 18.8 Å². The molecule has 8 heteroatoms. The Hall–Kier alpha value is -2.35. The molecule has 2 aromatic rings. The second kappa shape index (κ2) is 6.64. The molecule has 0 aromatic carbocycles. The Morgan fingerprint density at radius 2 is 2.21 bits per heavy atom. The van der Waals surface area contributed by atoms with Gasteiger partial charge in [0, 0.05) is 38.5 Å². The zero-order chi connectivity index (χ0) is 16.4. The highest BCUT2D eigenvalue weighted by atomic mass is 16.5. The molecule has 1 aliphatic carbocycles. The molecule has 24 heavy (non-hydrogen) atoms. The van der Waals surface area contributed by atoms with Gasteiger partial charge < -0.3 is 14.2 Å². The standard InChI is InChI=1S/C16H19N5O3/c22-16(13-7-17-4-5-18-13)21-8-12(9-21)15-19-14(20-24-15)3-6-23-10-11-1-2-11/h4-5,7,11-12H,1-3,6,8-10H2. The van der Waals surface area contributed by atoms with Gasteiger partial charge in [0.05, 0.1) is 18.7 Å². The Morgan fingerprint density at radius 3 is 2.96 bits per heavy atom. The topological polar surface area (TPSA) is 94.2 Å². The van der Waals surface area contributed by atoms with Crippen molar-refractivity contribution in [1.29, 1.82) is 0 Å². The molecule has 0 bridgehead atoms. The maximum absolute atomic E-state index is 12.2. The van der Waals surface area contributed by atoms with E-state index in [4.69, 9.17) is 9.26 Å². The first kappa shape index (κ1) is 15.2. The fourth-order valence-electron chi connectivity index (χ4n) is 2.60. The van der Waals surface area contributed by atoms with E-state index < -0.39 is 0 Å². The minimum Gasteiger partial charge on any atom is -0.381 e. The number of aromatic nitrogens is 4. The third-order valence-corrected chi connectivity index (χ3v) is 4.30. The van der Waals surface area contributed by atoms with Crippen molar-refractivity contribution in [2.24, 2.45) is 5.92 Å². The van der Waals surface area contributed by atoms with Gasteiger partial charge in [-0.1, -0.05) is 5.16 Å². The average Bonchev–Trinajstić information content (AvgIpc) is 3.29. The van der Waals surface area contributed by atoms with Crippen LogP contribution in [-0.2, 0) is 11.2 Å². The van der Waals surface area contributed by atoms with Crippen LogP contribution in [-0.4, -0.2) is 57.2 Å². The SMILES string of the molecule is O=C(c1cnccn1)N1CC(c2nc(CCOCC3CC3)no2)C1. The second-order valence-corrected chi connectivity index (χ2v) is 6.31. The number of rotatable bonds is 7. The van der Waals surface area contributed by atoms with Crippen LogP contribution in [0.3, 0.4) is 0 Å². The van der Waals surface area contributed by atoms with Crippen LogP contribution < -0.4 is 0 Å². The molecular formula is C16H19N5O3. The van der Waals surface area contributed by atoms with E-state index in [0.29, 0.717) is 43.5 Å². The van der Waals surface area contributed by atoms with E-state index in [0.717, 1.165) is 12.5 Å². The van der Waals surface area contributed by atoms with E-state index in [9.17, 15) is 4.79 Å². The summed E-state index contributed by atoms with van der Waals surface area (Å²) in [6.07, 6.45) is 7.77. The van der Waals surface area contributed by atoms with Crippen LogP contribution in [0.25, 0.3) is 0 Å². The van der Waals surface area contributed by atoms with E-state index in [1.165, 1.54) is 25.2 Å². The van der Waals surface area contributed by atoms with Crippen LogP contribution in [0.5, 0.6) is 0 Å². The number of likely N-dealkylation sites (tertiary alicyclic amines) is 1. The summed E-state index contributed by atoms with van der Waals surface area (Å²) in [4.78, 5) is 26.2. The first-order valence-electron chi connectivity index (χ1n) is 8.25. The molecule has 2 aliphatic rings. The van der Waals surface area contributed by atoms with Gasteiger partial charge in [0.2, 0.25) is 5.89 Å². The smallest absolute Gasteiger partial charge is 0.274 e. The minimum absolute atomic E-state index is 0.0965. The molecular weight excluding hydrogens is 310 g/mol. The van der Waals surface area contributed by atoms with Crippen LogP contribution in [0, 0.1) is 5.92 Å². The number of nitrogens with zero attached hydrogens (tertiary/aromatic N) is 5. The summed E-state index contributed by atoms with van der Waals surface area (Å²) >= 11 is 0. The Kier molecular flexibility index (Phi) is 4.20. The van der Waals surface area contributed by atoms with Gasteiger partial charge >= 0.3 is 0 Å². The van der Waals surface area contributed by atoms with Crippen molar-refractivity contribution in [2.45, 2.75) is 25.2 Å². The first-order valence-corrected chi connectivity index (χ1v) is 8.25. The van der Waals surface area contributed by atoms with Gasteiger partial charge in [0.15, 0.2) is 5.82 Å². The molecule has 8 nitrogen and oxygen atoms in total. The summed E-state index contributed by atoms with van der Waals surface area (Å²) in [5, 5.41) is 3.99. The first-order chi connectivity index (χ1) is 11.8. The fraction of sp³-hybridized carbons (Fsp3) is 0.562. The monoisotopic (exact) mass is 329 g/mol. The summed E-state index contributed by atoms with van der Waals surface area (Å²) in [6, 6.07) is 0. The van der Waals surface area contributed by atoms with E-state index >= 15 is 0 Å². The van der Waals surface area contributed by atoms with Gasteiger partial charge in [-0.15, -0.1) is 0 Å². The van der Waals surface area contributed by atoms with Crippen LogP contribution in [0.2, 0.25) is 0 Å². The number of carbonyl (C=O) groups is 1. The van der Waals surface area contributed by atoms with Crippen molar-refractivity contribution in [2.75, 3.05) is 26.3 Å². The number of carbonyl (C=O) groups excluding carboxylic acids is 1. The highest BCUT2D eigenvalue weighted by Gasteiger charge is 2.36. The van der Waals surface area contributed by atoms with E-state index in [1.54, 1.807) is 11.1 Å². The molecule has 0 unspecified atom stereocenters. The van der Waals surface area contributed by atoms with Crippen molar-refractivity contribution in [3.63, 3.8) is 0 Å². The zero-order valence-electron chi connectivity index (χ0n) is 13.3. The van der Waals surface area contributed by atoms with Gasteiger partial charge in [0.25, 0.3) is 5.91 Å². The zero-order valence-corrected chi connectivity index (χ0v) is 13.3. The molecule has 126 valence electrons. The lowest BCUT2D eigenvalue weighted by Gasteiger charge is -2.36. The Morgan fingerprint density at radius 1 is 1.33 bits per heavy atom. The normalized spacial score (nSPS) is 17.8. The molecule has 1 amide bonds. The molecule has 1 saturated heterocycles. The molecule has 3 heterocycles. The summed E-state index contributed by atoms with van der Waals surface area (Å²) < 4.78 is 10.9. The molecule has 0 radical (unpaired) electrons. The summed E-state index contributed by atoms with van der Waals surface area (Å²) in [5.74, 6) is 2.00. The molecule has 2 aromatic heterocycles. The minimum atomic E-state index is -0.118. The Balaban J connectivity index is 1.24. The van der Waals surface area contributed by atoms with Crippen molar-refractivity contribution in [1.82, 2.24) is 25.0 Å². The van der Waals surface area contributed by atoms with E-state index in [2.05, 4.69) is 20.1 Å². The molecule has 0 spiro atoms. The Labute approximate surface area is 139 Å². The third kappa shape index (κ3) is 3.43. The lowest BCUT2D eigenvalue weighted by Crippen LogP contribution is -2.48. The fourth-order valence-corrected chi connectivity index (χ4v) is 2.60. The van der Waals surface area contributed by atoms with Crippen molar-refractivity contribution >= 4 is 5.91 Å². The van der Waals surface area contributed by atoms with Crippen molar-refractivity contribution in [3.05, 3.63) is 36.0 Å². The highest BCUT2D eigenvalue weighted by Crippen LogP contribution is 2.29. The molecule has 0 atom stereocenters. The predicted octanol–water partition coefficient (Wildman–Crippen LogP) is 1.07. The number of hydrogen-bond donors (Lipinski definition) is 0. The molecule has 1 aliphatic heterocycles. The van der Waals surface area contributed by atoms with Gasteiger partial charge in [0.1, 0.15) is 5.69 Å². The lowest BCUT2D eigenvalue weighted by atomic mass is 10.00. The molecule has 4 rings (SSSR count). The summed E-state index contributed by atoms with van der Waals surface area (Å²) in [5.41, 5.74) is 0.356. The average molecular weight is 329 g/mol.